The number of carbonyl (C=O) groups is 1. The minimum atomic E-state index is -0.438. The predicted octanol–water partition coefficient (Wildman–Crippen LogP) is 5.33. The van der Waals surface area contributed by atoms with Crippen LogP contribution in [-0.4, -0.2) is 31.3 Å². The Morgan fingerprint density at radius 1 is 1.26 bits per heavy atom. The second-order valence-electron chi connectivity index (χ2n) is 7.08. The predicted molar refractivity (Wildman–Crippen MR) is 130 cm³/mol. The highest BCUT2D eigenvalue weighted by Crippen LogP contribution is 2.28. The van der Waals surface area contributed by atoms with Gasteiger partial charge >= 0.3 is 0 Å². The number of hydrogen-bond acceptors (Lipinski definition) is 6. The summed E-state index contributed by atoms with van der Waals surface area (Å²) in [6, 6.07) is 12.3. The highest BCUT2D eigenvalue weighted by atomic mass is 127. The van der Waals surface area contributed by atoms with Crippen LogP contribution in [0.2, 0.25) is 0 Å². The molecule has 0 atom stereocenters. The van der Waals surface area contributed by atoms with E-state index in [2.05, 4.69) is 58.0 Å². The minimum Gasteiger partial charge on any atom is -0.325 e. The third-order valence-electron chi connectivity index (χ3n) is 4.59. The van der Waals surface area contributed by atoms with Gasteiger partial charge in [0.2, 0.25) is 5.91 Å². The molecular weight excluding hydrogens is 529 g/mol. The van der Waals surface area contributed by atoms with Crippen LogP contribution in [0.15, 0.2) is 47.6 Å². The lowest BCUT2D eigenvalue weighted by molar-refractivity contribution is -0.384. The molecule has 1 N–H and O–H groups in total. The van der Waals surface area contributed by atoms with Crippen LogP contribution in [-0.2, 0) is 11.3 Å². The Bertz CT molecular complexity index is 1120. The van der Waals surface area contributed by atoms with E-state index >= 15 is 0 Å². The van der Waals surface area contributed by atoms with Gasteiger partial charge in [-0.05, 0) is 59.2 Å². The average Bonchev–Trinajstić information content (AvgIpc) is 3.16. The number of anilines is 1. The molecule has 2 aromatic carbocycles. The van der Waals surface area contributed by atoms with Gasteiger partial charge in [0.15, 0.2) is 11.0 Å². The molecule has 0 fully saturated rings. The first-order valence-electron chi connectivity index (χ1n) is 9.70. The van der Waals surface area contributed by atoms with Crippen molar-refractivity contribution in [3.05, 3.63) is 61.7 Å². The van der Waals surface area contributed by atoms with Crippen LogP contribution >= 0.6 is 34.4 Å². The highest BCUT2D eigenvalue weighted by Gasteiger charge is 2.17. The molecule has 1 heterocycles. The van der Waals surface area contributed by atoms with Gasteiger partial charge in [0, 0.05) is 33.5 Å². The van der Waals surface area contributed by atoms with Crippen molar-refractivity contribution < 1.29 is 9.72 Å². The van der Waals surface area contributed by atoms with Crippen molar-refractivity contribution in [1.29, 1.82) is 0 Å². The van der Waals surface area contributed by atoms with Crippen molar-refractivity contribution in [3.63, 3.8) is 0 Å². The SMILES string of the molecule is CCn1c(SCC(=O)Nc2ccc(I)cc2C(C)C)nnc1-c1cccc([N+](=O)[O-])c1. The lowest BCUT2D eigenvalue weighted by Crippen LogP contribution is -2.16. The first kappa shape index (κ1) is 23.2. The van der Waals surface area contributed by atoms with E-state index in [1.54, 1.807) is 12.1 Å². The summed E-state index contributed by atoms with van der Waals surface area (Å²) >= 11 is 3.55. The molecule has 0 unspecified atom stereocenters. The Morgan fingerprint density at radius 2 is 2.03 bits per heavy atom. The smallest absolute Gasteiger partial charge is 0.270 e. The quantitative estimate of drug-likeness (QED) is 0.176. The summed E-state index contributed by atoms with van der Waals surface area (Å²) in [7, 11) is 0. The van der Waals surface area contributed by atoms with Crippen molar-refractivity contribution in [2.75, 3.05) is 11.1 Å². The van der Waals surface area contributed by atoms with Crippen molar-refractivity contribution in [2.45, 2.75) is 38.4 Å². The summed E-state index contributed by atoms with van der Waals surface area (Å²) in [5.74, 6) is 0.874. The molecule has 1 aromatic heterocycles. The maximum Gasteiger partial charge on any atom is 0.270 e. The summed E-state index contributed by atoms with van der Waals surface area (Å²) in [6.45, 7) is 6.70. The molecule has 8 nitrogen and oxygen atoms in total. The van der Waals surface area contributed by atoms with Crippen LogP contribution in [0, 0.1) is 13.7 Å². The lowest BCUT2D eigenvalue weighted by atomic mass is 10.0. The van der Waals surface area contributed by atoms with Crippen LogP contribution in [0.3, 0.4) is 0 Å². The van der Waals surface area contributed by atoms with E-state index < -0.39 is 4.92 Å². The lowest BCUT2D eigenvalue weighted by Gasteiger charge is -2.14. The van der Waals surface area contributed by atoms with Crippen molar-refractivity contribution >= 4 is 51.6 Å². The molecule has 0 saturated carbocycles. The Morgan fingerprint density at radius 3 is 2.71 bits per heavy atom. The number of non-ortho nitro benzene ring substituents is 1. The zero-order chi connectivity index (χ0) is 22.5. The first-order valence-corrected chi connectivity index (χ1v) is 11.8. The maximum absolute atomic E-state index is 12.6. The van der Waals surface area contributed by atoms with Crippen molar-refractivity contribution in [1.82, 2.24) is 14.8 Å². The average molecular weight is 551 g/mol. The summed E-state index contributed by atoms with van der Waals surface area (Å²) in [5.41, 5.74) is 2.51. The summed E-state index contributed by atoms with van der Waals surface area (Å²) in [4.78, 5) is 23.2. The number of hydrogen-bond donors (Lipinski definition) is 1. The molecule has 0 bridgehead atoms. The van der Waals surface area contributed by atoms with Gasteiger partial charge in [-0.15, -0.1) is 10.2 Å². The molecule has 0 aliphatic carbocycles. The van der Waals surface area contributed by atoms with E-state index in [-0.39, 0.29) is 17.3 Å². The van der Waals surface area contributed by atoms with Crippen LogP contribution in [0.25, 0.3) is 11.4 Å². The van der Waals surface area contributed by atoms with Gasteiger partial charge in [-0.25, -0.2) is 0 Å². The number of carbonyl (C=O) groups excluding carboxylic acids is 1. The maximum atomic E-state index is 12.6. The van der Waals surface area contributed by atoms with E-state index in [1.807, 2.05) is 23.6 Å². The molecule has 0 radical (unpaired) electrons. The summed E-state index contributed by atoms with van der Waals surface area (Å²) < 4.78 is 2.97. The molecule has 0 aliphatic heterocycles. The summed E-state index contributed by atoms with van der Waals surface area (Å²) in [6.07, 6.45) is 0. The van der Waals surface area contributed by atoms with Crippen LogP contribution in [0.1, 0.15) is 32.3 Å². The van der Waals surface area contributed by atoms with E-state index in [0.717, 1.165) is 14.8 Å². The van der Waals surface area contributed by atoms with Gasteiger partial charge in [0.1, 0.15) is 0 Å². The third kappa shape index (κ3) is 5.62. The number of amides is 1. The molecule has 0 aliphatic rings. The highest BCUT2D eigenvalue weighted by molar-refractivity contribution is 14.1. The van der Waals surface area contributed by atoms with Gasteiger partial charge in [0.25, 0.3) is 5.69 Å². The van der Waals surface area contributed by atoms with Gasteiger partial charge in [-0.1, -0.05) is 37.7 Å². The molecule has 1 amide bonds. The number of nitrogens with one attached hydrogen (secondary N) is 1. The third-order valence-corrected chi connectivity index (χ3v) is 6.23. The molecule has 3 rings (SSSR count). The Labute approximate surface area is 198 Å². The second-order valence-corrected chi connectivity index (χ2v) is 9.27. The fourth-order valence-electron chi connectivity index (χ4n) is 3.09. The van der Waals surface area contributed by atoms with Crippen molar-refractivity contribution in [2.24, 2.45) is 0 Å². The Balaban J connectivity index is 1.74. The topological polar surface area (TPSA) is 103 Å². The molecule has 0 spiro atoms. The van der Waals surface area contributed by atoms with E-state index in [0.29, 0.717) is 29.0 Å². The Hall–Kier alpha value is -2.47. The monoisotopic (exact) mass is 551 g/mol. The van der Waals surface area contributed by atoms with Gasteiger partial charge < -0.3 is 9.88 Å². The zero-order valence-electron chi connectivity index (χ0n) is 17.3. The standard InChI is InChI=1S/C21H22IN5O3S/c1-4-26-20(14-6-5-7-16(10-14)27(29)30)24-25-21(26)31-12-19(28)23-18-9-8-15(22)11-17(18)13(2)3/h5-11,13H,4,12H2,1-3H3,(H,23,28). The Kier molecular flexibility index (Phi) is 7.65. The largest absolute Gasteiger partial charge is 0.325 e. The minimum absolute atomic E-state index is 0.00443. The first-order chi connectivity index (χ1) is 14.8. The van der Waals surface area contributed by atoms with Gasteiger partial charge in [0.05, 0.1) is 10.7 Å². The molecule has 0 saturated heterocycles. The van der Waals surface area contributed by atoms with E-state index in [1.165, 1.54) is 23.9 Å². The number of thioether (sulfide) groups is 1. The van der Waals surface area contributed by atoms with Crippen LogP contribution in [0.4, 0.5) is 11.4 Å². The van der Waals surface area contributed by atoms with Crippen LogP contribution in [0.5, 0.6) is 0 Å². The fourth-order valence-corrected chi connectivity index (χ4v) is 4.41. The van der Waals surface area contributed by atoms with E-state index in [4.69, 9.17) is 0 Å². The number of aromatic nitrogens is 3. The number of rotatable bonds is 8. The molecule has 31 heavy (non-hydrogen) atoms. The molecule has 3 aromatic rings. The number of nitro groups is 1. The van der Waals surface area contributed by atoms with Crippen molar-refractivity contribution in [3.8, 4) is 11.4 Å². The fraction of sp³-hybridized carbons (Fsp3) is 0.286. The number of nitrogens with zero attached hydrogens (tertiary/aromatic N) is 4. The second kappa shape index (κ2) is 10.2. The molecule has 162 valence electrons. The van der Waals surface area contributed by atoms with Crippen LogP contribution < -0.4 is 5.32 Å². The normalized spacial score (nSPS) is 11.0. The summed E-state index contributed by atoms with van der Waals surface area (Å²) in [5, 5.41) is 23.1. The van der Waals surface area contributed by atoms with E-state index in [9.17, 15) is 14.9 Å². The number of benzene rings is 2. The zero-order valence-corrected chi connectivity index (χ0v) is 20.3. The van der Waals surface area contributed by atoms with Gasteiger partial charge in [-0.2, -0.15) is 0 Å². The van der Waals surface area contributed by atoms with Gasteiger partial charge in [-0.3, -0.25) is 14.9 Å². The molecule has 10 heteroatoms. The molecular formula is C21H22IN5O3S. The number of halogens is 1. The number of nitro benzene ring substituents is 1.